The Bertz CT molecular complexity index is 1880. The molecule has 0 bridgehead atoms. The predicted octanol–water partition coefficient (Wildman–Crippen LogP) is 8.43. The lowest BCUT2D eigenvalue weighted by Crippen LogP contribution is -2.47. The standard InChI is InChI=1S/C44H50Cl2N2O7/c1-29-20-40(45)43(41(46)21-29)54-19-18-53-36-13-9-34(10-14-36)38-15-16-47-26-39(38)44(51)48(35-11-12-35)27-33-22-32(4-3-17-52-2)23-37(24-33)55-28-31-7-5-30(6-8-31)25-42(49)50/h5-10,13-14,20-24,35,38-39,47H,3-4,11-12,15-19,25-28H2,1-2H3,(H,49,50)/t38-,39+/m1/s1. The van der Waals surface area contributed by atoms with Gasteiger partial charge in [-0.2, -0.15) is 0 Å². The fourth-order valence-electron chi connectivity index (χ4n) is 7.20. The maximum atomic E-state index is 14.5. The number of carboxylic acids is 1. The molecule has 292 valence electrons. The Morgan fingerprint density at radius 3 is 2.18 bits per heavy atom. The molecule has 1 amide bonds. The molecule has 11 heteroatoms. The van der Waals surface area contributed by atoms with E-state index in [9.17, 15) is 9.59 Å². The van der Waals surface area contributed by atoms with Gasteiger partial charge in [-0.25, -0.2) is 0 Å². The molecule has 55 heavy (non-hydrogen) atoms. The maximum Gasteiger partial charge on any atom is 0.307 e. The summed E-state index contributed by atoms with van der Waals surface area (Å²) in [5.41, 5.74) is 5.97. The van der Waals surface area contributed by atoms with E-state index in [1.54, 1.807) is 7.11 Å². The van der Waals surface area contributed by atoms with E-state index in [2.05, 4.69) is 34.5 Å². The number of methoxy groups -OCH3 is 1. The van der Waals surface area contributed by atoms with E-state index < -0.39 is 5.97 Å². The molecule has 4 aromatic rings. The normalized spacial score (nSPS) is 16.7. The van der Waals surface area contributed by atoms with Gasteiger partial charge in [0.05, 0.1) is 22.4 Å². The van der Waals surface area contributed by atoms with Gasteiger partial charge < -0.3 is 34.3 Å². The number of hydrogen-bond donors (Lipinski definition) is 2. The number of benzene rings is 4. The van der Waals surface area contributed by atoms with Gasteiger partial charge in [0.1, 0.15) is 31.3 Å². The van der Waals surface area contributed by atoms with Crippen LogP contribution in [0.5, 0.6) is 17.2 Å². The van der Waals surface area contributed by atoms with Crippen molar-refractivity contribution in [3.63, 3.8) is 0 Å². The number of hydrogen-bond acceptors (Lipinski definition) is 7. The van der Waals surface area contributed by atoms with Crippen molar-refractivity contribution in [3.05, 3.63) is 122 Å². The molecule has 2 atom stereocenters. The van der Waals surface area contributed by atoms with Gasteiger partial charge in [-0.3, -0.25) is 9.59 Å². The van der Waals surface area contributed by atoms with Gasteiger partial charge in [0.25, 0.3) is 0 Å². The highest BCUT2D eigenvalue weighted by molar-refractivity contribution is 6.37. The molecule has 1 saturated heterocycles. The number of piperidine rings is 1. The van der Waals surface area contributed by atoms with E-state index in [0.29, 0.717) is 55.3 Å². The molecule has 2 N–H and O–H groups in total. The molecule has 2 aliphatic rings. The van der Waals surface area contributed by atoms with Crippen LogP contribution in [0.3, 0.4) is 0 Å². The topological polar surface area (TPSA) is 107 Å². The van der Waals surface area contributed by atoms with E-state index >= 15 is 0 Å². The lowest BCUT2D eigenvalue weighted by molar-refractivity contribution is -0.138. The number of halogens is 2. The number of nitrogens with zero attached hydrogens (tertiary/aromatic N) is 1. The fourth-order valence-corrected chi connectivity index (χ4v) is 7.91. The van der Waals surface area contributed by atoms with Crippen LogP contribution >= 0.6 is 23.2 Å². The average molecular weight is 790 g/mol. The van der Waals surface area contributed by atoms with Crippen LogP contribution in [0.4, 0.5) is 0 Å². The first-order valence-corrected chi connectivity index (χ1v) is 19.8. The van der Waals surface area contributed by atoms with Gasteiger partial charge in [0, 0.05) is 32.8 Å². The third kappa shape index (κ3) is 11.6. The number of carboxylic acid groups (broad SMARTS) is 1. The largest absolute Gasteiger partial charge is 0.490 e. The van der Waals surface area contributed by atoms with Gasteiger partial charge >= 0.3 is 5.97 Å². The average Bonchev–Trinajstić information content (AvgIpc) is 4.02. The highest BCUT2D eigenvalue weighted by Crippen LogP contribution is 2.37. The summed E-state index contributed by atoms with van der Waals surface area (Å²) in [7, 11) is 1.71. The van der Waals surface area contributed by atoms with Crippen molar-refractivity contribution in [1.29, 1.82) is 0 Å². The molecule has 2 fully saturated rings. The monoisotopic (exact) mass is 788 g/mol. The number of aliphatic carboxylic acids is 1. The molecule has 1 saturated carbocycles. The number of carbonyl (C=O) groups excluding carboxylic acids is 1. The molecule has 9 nitrogen and oxygen atoms in total. The van der Waals surface area contributed by atoms with Gasteiger partial charge in [-0.05, 0) is 121 Å². The van der Waals surface area contributed by atoms with Gasteiger partial charge in [-0.15, -0.1) is 0 Å². The molecule has 6 rings (SSSR count). The number of rotatable bonds is 19. The SMILES string of the molecule is COCCCc1cc(CN(C(=O)[C@H]2CNCC[C@@H]2c2ccc(OCCOc3c(Cl)cc(C)cc3Cl)cc2)C2CC2)cc(OCc2ccc(CC(=O)O)cc2)c1. The number of aryl methyl sites for hydroxylation is 2. The molecule has 1 aliphatic heterocycles. The Morgan fingerprint density at radius 2 is 1.49 bits per heavy atom. The summed E-state index contributed by atoms with van der Waals surface area (Å²) >= 11 is 12.6. The minimum absolute atomic E-state index is 0.0116. The summed E-state index contributed by atoms with van der Waals surface area (Å²) < 4.78 is 23.4. The molecule has 1 aliphatic carbocycles. The number of carbonyl (C=O) groups is 2. The predicted molar refractivity (Wildman–Crippen MR) is 215 cm³/mol. The Labute approximate surface area is 333 Å². The maximum absolute atomic E-state index is 14.5. The molecular weight excluding hydrogens is 739 g/mol. The zero-order valence-corrected chi connectivity index (χ0v) is 33.0. The molecule has 0 spiro atoms. The van der Waals surface area contributed by atoms with E-state index in [0.717, 1.165) is 83.5 Å². The van der Waals surface area contributed by atoms with Crippen LogP contribution in [0.2, 0.25) is 10.0 Å². The van der Waals surface area contributed by atoms with Crippen molar-refractivity contribution in [2.75, 3.05) is 40.0 Å². The number of amides is 1. The van der Waals surface area contributed by atoms with Crippen LogP contribution in [-0.2, 0) is 40.3 Å². The molecular formula is C44H50Cl2N2O7. The van der Waals surface area contributed by atoms with Crippen molar-refractivity contribution in [1.82, 2.24) is 10.2 Å². The van der Waals surface area contributed by atoms with E-state index in [4.69, 9.17) is 47.3 Å². The minimum Gasteiger partial charge on any atom is -0.490 e. The lowest BCUT2D eigenvalue weighted by Gasteiger charge is -2.36. The molecule has 0 aromatic heterocycles. The van der Waals surface area contributed by atoms with Gasteiger partial charge in [0.2, 0.25) is 5.91 Å². The molecule has 0 radical (unpaired) electrons. The molecule has 0 unspecified atom stereocenters. The second-order valence-corrected chi connectivity index (χ2v) is 15.3. The first-order valence-electron chi connectivity index (χ1n) is 19.0. The van der Waals surface area contributed by atoms with Crippen LogP contribution in [0, 0.1) is 12.8 Å². The summed E-state index contributed by atoms with van der Waals surface area (Å²) in [4.78, 5) is 27.7. The zero-order chi connectivity index (χ0) is 38.7. The quantitative estimate of drug-likeness (QED) is 0.0913. The summed E-state index contributed by atoms with van der Waals surface area (Å²) in [6.07, 6.45) is 4.57. The van der Waals surface area contributed by atoms with Gasteiger partial charge in [-0.1, -0.05) is 65.7 Å². The van der Waals surface area contributed by atoms with Crippen molar-refractivity contribution in [3.8, 4) is 17.2 Å². The van der Waals surface area contributed by atoms with Crippen molar-refractivity contribution >= 4 is 35.1 Å². The number of ether oxygens (including phenoxy) is 4. The van der Waals surface area contributed by atoms with Crippen LogP contribution in [-0.4, -0.2) is 67.9 Å². The summed E-state index contributed by atoms with van der Waals surface area (Å²) in [6, 6.07) is 25.7. The van der Waals surface area contributed by atoms with Crippen molar-refractivity contribution in [2.45, 2.75) is 70.6 Å². The Morgan fingerprint density at radius 1 is 0.800 bits per heavy atom. The van der Waals surface area contributed by atoms with Crippen LogP contribution < -0.4 is 19.5 Å². The molecule has 1 heterocycles. The van der Waals surface area contributed by atoms with Crippen LogP contribution in [0.1, 0.15) is 65.0 Å². The van der Waals surface area contributed by atoms with E-state index in [-0.39, 0.29) is 30.2 Å². The Hall–Kier alpha value is -4.28. The van der Waals surface area contributed by atoms with Crippen LogP contribution in [0.25, 0.3) is 0 Å². The molecule has 4 aromatic carbocycles. The summed E-state index contributed by atoms with van der Waals surface area (Å²) in [6.45, 7) is 5.55. The van der Waals surface area contributed by atoms with Crippen molar-refractivity contribution < 1.29 is 33.6 Å². The third-order valence-corrected chi connectivity index (χ3v) is 10.7. The Kier molecular flexibility index (Phi) is 14.3. The first-order chi connectivity index (χ1) is 26.7. The second kappa shape index (κ2) is 19.5. The highest BCUT2D eigenvalue weighted by atomic mass is 35.5. The van der Waals surface area contributed by atoms with E-state index in [1.807, 2.05) is 61.5 Å². The van der Waals surface area contributed by atoms with Crippen molar-refractivity contribution in [2.24, 2.45) is 5.92 Å². The first kappa shape index (κ1) is 40.4. The summed E-state index contributed by atoms with van der Waals surface area (Å²) in [5, 5.41) is 13.5. The zero-order valence-electron chi connectivity index (χ0n) is 31.5. The minimum atomic E-state index is -0.856. The summed E-state index contributed by atoms with van der Waals surface area (Å²) in [5.74, 6) is 1.14. The van der Waals surface area contributed by atoms with E-state index in [1.165, 1.54) is 0 Å². The number of nitrogens with one attached hydrogen (secondary N) is 1. The Balaban J connectivity index is 1.11. The third-order valence-electron chi connectivity index (χ3n) is 10.1. The van der Waals surface area contributed by atoms with Gasteiger partial charge in [0.15, 0.2) is 5.75 Å². The smallest absolute Gasteiger partial charge is 0.307 e. The van der Waals surface area contributed by atoms with Crippen LogP contribution in [0.15, 0.2) is 78.9 Å². The fraction of sp³-hybridized carbons (Fsp3) is 0.409. The highest BCUT2D eigenvalue weighted by Gasteiger charge is 2.40. The second-order valence-electron chi connectivity index (χ2n) is 14.5. The lowest BCUT2D eigenvalue weighted by atomic mass is 9.80.